The van der Waals surface area contributed by atoms with Crippen molar-refractivity contribution in [2.75, 3.05) is 0 Å². The fourth-order valence-corrected chi connectivity index (χ4v) is 2.27. The molecule has 0 aliphatic heterocycles. The second kappa shape index (κ2) is 9.00. The van der Waals surface area contributed by atoms with E-state index < -0.39 is 35.7 Å². The third kappa shape index (κ3) is 6.76. The van der Waals surface area contributed by atoms with Crippen molar-refractivity contribution in [1.82, 2.24) is 10.6 Å². The number of carbonyl (C=O) groups excluding carboxylic acids is 3. The quantitative estimate of drug-likeness (QED) is 0.706. The normalized spacial score (nSPS) is 13.2. The molecule has 2 amide bonds. The molecular formula is C17H22FN2O4-. The summed E-state index contributed by atoms with van der Waals surface area (Å²) in [4.78, 5) is 34.8. The molecule has 1 aromatic rings. The summed E-state index contributed by atoms with van der Waals surface area (Å²) in [5.74, 6) is -2.78. The van der Waals surface area contributed by atoms with Gasteiger partial charge < -0.3 is 20.5 Å². The van der Waals surface area contributed by atoms with Crippen molar-refractivity contribution in [3.63, 3.8) is 0 Å². The van der Waals surface area contributed by atoms with Crippen LogP contribution in [-0.2, 0) is 20.8 Å². The summed E-state index contributed by atoms with van der Waals surface area (Å²) in [6.45, 7) is 4.91. The fraction of sp³-hybridized carbons (Fsp3) is 0.471. The van der Waals surface area contributed by atoms with Crippen LogP contribution in [0.2, 0.25) is 0 Å². The summed E-state index contributed by atoms with van der Waals surface area (Å²) in [6.07, 6.45) is 0.338. The van der Waals surface area contributed by atoms with Crippen LogP contribution in [0, 0.1) is 11.7 Å². The Hall–Kier alpha value is -2.44. The molecule has 1 rings (SSSR count). The molecule has 0 radical (unpaired) electrons. The van der Waals surface area contributed by atoms with E-state index in [9.17, 15) is 23.9 Å². The number of carbonyl (C=O) groups is 3. The lowest BCUT2D eigenvalue weighted by Gasteiger charge is -2.25. The van der Waals surface area contributed by atoms with E-state index in [2.05, 4.69) is 10.6 Å². The van der Waals surface area contributed by atoms with Crippen molar-refractivity contribution >= 4 is 17.8 Å². The second-order valence-corrected chi connectivity index (χ2v) is 6.09. The number of carboxylic acid groups (broad SMARTS) is 1. The molecule has 132 valence electrons. The van der Waals surface area contributed by atoms with Gasteiger partial charge in [-0.1, -0.05) is 26.0 Å². The SMILES string of the molecule is CC(=O)N[C@H](Cc1ccc(F)cc1)C(=O)N[C@@H](CC(C)C)C(=O)[O-]. The van der Waals surface area contributed by atoms with Gasteiger partial charge in [-0.25, -0.2) is 4.39 Å². The van der Waals surface area contributed by atoms with Crippen LogP contribution in [0.4, 0.5) is 4.39 Å². The van der Waals surface area contributed by atoms with E-state index in [0.29, 0.717) is 5.56 Å². The molecule has 2 N–H and O–H groups in total. The van der Waals surface area contributed by atoms with E-state index >= 15 is 0 Å². The molecule has 24 heavy (non-hydrogen) atoms. The van der Waals surface area contributed by atoms with E-state index in [4.69, 9.17) is 0 Å². The highest BCUT2D eigenvalue weighted by Gasteiger charge is 2.23. The Balaban J connectivity index is 2.85. The van der Waals surface area contributed by atoms with Crippen LogP contribution in [0.15, 0.2) is 24.3 Å². The van der Waals surface area contributed by atoms with Crippen molar-refractivity contribution < 1.29 is 23.9 Å². The number of halogens is 1. The van der Waals surface area contributed by atoms with Crippen LogP contribution >= 0.6 is 0 Å². The lowest BCUT2D eigenvalue weighted by Crippen LogP contribution is -2.55. The Morgan fingerprint density at radius 3 is 2.12 bits per heavy atom. The third-order valence-electron chi connectivity index (χ3n) is 3.36. The van der Waals surface area contributed by atoms with Gasteiger partial charge in [-0.2, -0.15) is 0 Å². The third-order valence-corrected chi connectivity index (χ3v) is 3.36. The highest BCUT2D eigenvalue weighted by Crippen LogP contribution is 2.08. The molecule has 0 aromatic heterocycles. The zero-order chi connectivity index (χ0) is 18.3. The van der Waals surface area contributed by atoms with Gasteiger partial charge in [0.15, 0.2) is 0 Å². The van der Waals surface area contributed by atoms with E-state index in [1.165, 1.54) is 31.2 Å². The molecule has 7 heteroatoms. The van der Waals surface area contributed by atoms with E-state index in [0.717, 1.165) is 0 Å². The Morgan fingerprint density at radius 1 is 1.08 bits per heavy atom. The number of carboxylic acids is 1. The minimum atomic E-state index is -1.37. The Morgan fingerprint density at radius 2 is 1.67 bits per heavy atom. The zero-order valence-electron chi connectivity index (χ0n) is 14.0. The summed E-state index contributed by atoms with van der Waals surface area (Å²) in [6, 6.07) is 3.41. The van der Waals surface area contributed by atoms with E-state index in [1.54, 1.807) is 0 Å². The highest BCUT2D eigenvalue weighted by atomic mass is 19.1. The number of benzene rings is 1. The molecular weight excluding hydrogens is 315 g/mol. The lowest BCUT2D eigenvalue weighted by molar-refractivity contribution is -0.308. The average molecular weight is 337 g/mol. The first-order chi connectivity index (χ1) is 11.2. The maximum absolute atomic E-state index is 13.0. The Bertz CT molecular complexity index is 587. The minimum absolute atomic E-state index is 0.0458. The van der Waals surface area contributed by atoms with Crippen molar-refractivity contribution in [3.05, 3.63) is 35.6 Å². The highest BCUT2D eigenvalue weighted by molar-refractivity contribution is 5.89. The maximum Gasteiger partial charge on any atom is 0.243 e. The van der Waals surface area contributed by atoms with Crippen molar-refractivity contribution in [3.8, 4) is 0 Å². The van der Waals surface area contributed by atoms with E-state index in [-0.39, 0.29) is 18.8 Å². The van der Waals surface area contributed by atoms with Crippen LogP contribution < -0.4 is 15.7 Å². The van der Waals surface area contributed by atoms with Gasteiger partial charge in [-0.3, -0.25) is 9.59 Å². The number of rotatable bonds is 8. The molecule has 0 bridgehead atoms. The number of aliphatic carboxylic acids is 1. The summed E-state index contributed by atoms with van der Waals surface area (Å²) in [5, 5.41) is 16.0. The van der Waals surface area contributed by atoms with Gasteiger partial charge in [0.1, 0.15) is 11.9 Å². The first kappa shape index (κ1) is 19.6. The molecule has 0 saturated heterocycles. The fourth-order valence-electron chi connectivity index (χ4n) is 2.27. The molecule has 0 spiro atoms. The van der Waals surface area contributed by atoms with E-state index in [1.807, 2.05) is 13.8 Å². The maximum atomic E-state index is 13.0. The first-order valence-corrected chi connectivity index (χ1v) is 7.71. The van der Waals surface area contributed by atoms with Crippen LogP contribution in [0.25, 0.3) is 0 Å². The number of amides is 2. The van der Waals surface area contributed by atoms with Crippen molar-refractivity contribution in [2.45, 2.75) is 45.7 Å². The molecule has 0 aliphatic carbocycles. The van der Waals surface area contributed by atoms with Crippen LogP contribution in [0.5, 0.6) is 0 Å². The van der Waals surface area contributed by atoms with Crippen molar-refractivity contribution in [2.24, 2.45) is 5.92 Å². The average Bonchev–Trinajstić information content (AvgIpc) is 2.47. The number of nitrogens with one attached hydrogen (secondary N) is 2. The van der Waals surface area contributed by atoms with Crippen LogP contribution in [-0.4, -0.2) is 29.9 Å². The molecule has 0 aliphatic rings. The number of hydrogen-bond donors (Lipinski definition) is 2. The predicted octanol–water partition coefficient (Wildman–Crippen LogP) is 0.154. The molecule has 0 heterocycles. The van der Waals surface area contributed by atoms with Gasteiger partial charge in [-0.05, 0) is 30.0 Å². The molecule has 0 fully saturated rings. The molecule has 0 saturated carbocycles. The van der Waals surface area contributed by atoms with Crippen LogP contribution in [0.3, 0.4) is 0 Å². The lowest BCUT2D eigenvalue weighted by atomic mass is 10.0. The molecule has 1 aromatic carbocycles. The number of hydrogen-bond acceptors (Lipinski definition) is 4. The summed E-state index contributed by atoms with van der Waals surface area (Å²) < 4.78 is 13.0. The topological polar surface area (TPSA) is 98.3 Å². The molecule has 2 atom stereocenters. The zero-order valence-corrected chi connectivity index (χ0v) is 14.0. The van der Waals surface area contributed by atoms with Crippen molar-refractivity contribution in [1.29, 1.82) is 0 Å². The Kier molecular flexibility index (Phi) is 7.35. The van der Waals surface area contributed by atoms with Gasteiger partial charge in [0, 0.05) is 13.3 Å². The first-order valence-electron chi connectivity index (χ1n) is 7.71. The monoisotopic (exact) mass is 337 g/mol. The standard InChI is InChI=1S/C17H23FN2O4/c1-10(2)8-15(17(23)24)20-16(22)14(19-11(3)21)9-12-4-6-13(18)7-5-12/h4-7,10,14-15H,8-9H2,1-3H3,(H,19,21)(H,20,22)(H,23,24)/p-1/t14-,15+/m1/s1. The van der Waals surface area contributed by atoms with Gasteiger partial charge in [0.25, 0.3) is 0 Å². The largest absolute Gasteiger partial charge is 0.548 e. The van der Waals surface area contributed by atoms with Gasteiger partial charge in [0.2, 0.25) is 11.8 Å². The summed E-state index contributed by atoms with van der Waals surface area (Å²) in [5.41, 5.74) is 0.638. The summed E-state index contributed by atoms with van der Waals surface area (Å²) >= 11 is 0. The predicted molar refractivity (Wildman–Crippen MR) is 84.1 cm³/mol. The van der Waals surface area contributed by atoms with Gasteiger partial charge in [0.05, 0.1) is 12.0 Å². The van der Waals surface area contributed by atoms with Gasteiger partial charge >= 0.3 is 0 Å². The second-order valence-electron chi connectivity index (χ2n) is 6.09. The Labute approximate surface area is 140 Å². The van der Waals surface area contributed by atoms with Gasteiger partial charge in [-0.15, -0.1) is 0 Å². The molecule has 6 nitrogen and oxygen atoms in total. The minimum Gasteiger partial charge on any atom is -0.548 e. The smallest absolute Gasteiger partial charge is 0.243 e. The summed E-state index contributed by atoms with van der Waals surface area (Å²) in [7, 11) is 0. The van der Waals surface area contributed by atoms with Crippen LogP contribution in [0.1, 0.15) is 32.8 Å². The molecule has 0 unspecified atom stereocenters.